The summed E-state index contributed by atoms with van der Waals surface area (Å²) in [6, 6.07) is 9.18. The van der Waals surface area contributed by atoms with E-state index in [0.717, 1.165) is 5.56 Å². The van der Waals surface area contributed by atoms with E-state index in [1.807, 2.05) is 6.92 Å². The van der Waals surface area contributed by atoms with Crippen molar-refractivity contribution in [3.05, 3.63) is 58.6 Å². The van der Waals surface area contributed by atoms with Crippen LogP contribution in [0.4, 0.5) is 27.7 Å². The Morgan fingerprint density at radius 3 is 2.66 bits per heavy atom. The third kappa shape index (κ3) is 6.21. The van der Waals surface area contributed by atoms with Gasteiger partial charge in [-0.15, -0.1) is 11.8 Å². The first-order valence-corrected chi connectivity index (χ1v) is 11.0. The number of nitrogen functional groups attached to an aromatic ring is 1. The second-order valence-electron chi connectivity index (χ2n) is 6.81. The van der Waals surface area contributed by atoms with Crippen molar-refractivity contribution in [2.75, 3.05) is 23.5 Å². The van der Waals surface area contributed by atoms with Gasteiger partial charge in [0.1, 0.15) is 17.4 Å². The molecule has 3 rings (SSSR count). The van der Waals surface area contributed by atoms with E-state index in [0.29, 0.717) is 33.7 Å². The van der Waals surface area contributed by atoms with Crippen molar-refractivity contribution in [1.29, 1.82) is 0 Å². The van der Waals surface area contributed by atoms with Gasteiger partial charge in [-0.3, -0.25) is 4.79 Å². The minimum absolute atomic E-state index is 0.0405. The quantitative estimate of drug-likeness (QED) is 0.433. The molecule has 4 N–H and O–H groups in total. The molecule has 0 aliphatic heterocycles. The van der Waals surface area contributed by atoms with Crippen LogP contribution in [0.2, 0.25) is 5.02 Å². The van der Waals surface area contributed by atoms with Gasteiger partial charge < -0.3 is 21.1 Å². The third-order valence-electron chi connectivity index (χ3n) is 4.37. The highest BCUT2D eigenvalue weighted by molar-refractivity contribution is 7.99. The van der Waals surface area contributed by atoms with E-state index >= 15 is 0 Å². The minimum Gasteiger partial charge on any atom is -0.495 e. The van der Waals surface area contributed by atoms with Crippen LogP contribution in [0.3, 0.4) is 0 Å². The summed E-state index contributed by atoms with van der Waals surface area (Å²) in [6.07, 6.45) is 0. The maximum Gasteiger partial charge on any atom is 0.237 e. The van der Waals surface area contributed by atoms with E-state index < -0.39 is 5.25 Å². The Labute approximate surface area is 194 Å². The maximum atomic E-state index is 13.1. The number of aryl methyl sites for hydroxylation is 1. The molecule has 8 nitrogen and oxygen atoms in total. The molecule has 1 aromatic heterocycles. The van der Waals surface area contributed by atoms with Gasteiger partial charge in [-0.05, 0) is 49.7 Å². The molecule has 11 heteroatoms. The molecule has 0 spiro atoms. The Morgan fingerprint density at radius 2 is 1.97 bits per heavy atom. The van der Waals surface area contributed by atoms with Gasteiger partial charge in [-0.2, -0.15) is 15.0 Å². The number of aromatic nitrogens is 3. The number of hydrogen-bond acceptors (Lipinski definition) is 8. The molecule has 0 bridgehead atoms. The average molecular weight is 477 g/mol. The summed E-state index contributed by atoms with van der Waals surface area (Å²) in [5, 5.41) is 5.96. The zero-order valence-corrected chi connectivity index (χ0v) is 19.2. The second-order valence-corrected chi connectivity index (χ2v) is 8.55. The number of nitrogens with zero attached hydrogens (tertiary/aromatic N) is 3. The monoisotopic (exact) mass is 476 g/mol. The van der Waals surface area contributed by atoms with Crippen molar-refractivity contribution in [3.63, 3.8) is 0 Å². The molecule has 168 valence electrons. The number of rotatable bonds is 8. The fraction of sp³-hybridized carbons (Fsp3) is 0.238. The van der Waals surface area contributed by atoms with Gasteiger partial charge in [-0.25, -0.2) is 4.39 Å². The Morgan fingerprint density at radius 1 is 1.25 bits per heavy atom. The van der Waals surface area contributed by atoms with Crippen LogP contribution in [0.1, 0.15) is 18.3 Å². The number of hydrogen-bond donors (Lipinski definition) is 3. The standard InChI is InChI=1S/C21H22ClFN6O2S/c1-11-8-16(17(31-3)9-15(11)22)26-19(30)12(2)32-10-18-27-20(24)29-21(28-18)25-14-6-4-13(23)5-7-14/h4-9,12H,10H2,1-3H3,(H,26,30)(H3,24,25,27,28,29). The normalized spacial score (nSPS) is 11.7. The first kappa shape index (κ1) is 23.6. The molecular formula is C21H22ClFN6O2S. The van der Waals surface area contributed by atoms with Gasteiger partial charge in [0, 0.05) is 16.8 Å². The summed E-state index contributed by atoms with van der Waals surface area (Å²) in [7, 11) is 1.51. The van der Waals surface area contributed by atoms with E-state index in [9.17, 15) is 9.18 Å². The zero-order chi connectivity index (χ0) is 23.3. The van der Waals surface area contributed by atoms with Crippen LogP contribution in [-0.4, -0.2) is 33.2 Å². The Bertz CT molecular complexity index is 1120. The van der Waals surface area contributed by atoms with Crippen LogP contribution in [0.5, 0.6) is 5.75 Å². The van der Waals surface area contributed by atoms with Gasteiger partial charge in [0.2, 0.25) is 17.8 Å². The van der Waals surface area contributed by atoms with Gasteiger partial charge in [0.15, 0.2) is 0 Å². The maximum absolute atomic E-state index is 13.1. The molecular weight excluding hydrogens is 455 g/mol. The summed E-state index contributed by atoms with van der Waals surface area (Å²) >= 11 is 7.46. The first-order valence-electron chi connectivity index (χ1n) is 9.54. The van der Waals surface area contributed by atoms with Crippen LogP contribution < -0.4 is 21.1 Å². The average Bonchev–Trinajstić information content (AvgIpc) is 2.75. The molecule has 0 saturated carbocycles. The molecule has 2 aromatic carbocycles. The van der Waals surface area contributed by atoms with Crippen molar-refractivity contribution < 1.29 is 13.9 Å². The molecule has 1 amide bonds. The largest absolute Gasteiger partial charge is 0.495 e. The number of carbonyl (C=O) groups is 1. The zero-order valence-electron chi connectivity index (χ0n) is 17.6. The summed E-state index contributed by atoms with van der Waals surface area (Å²) in [5.41, 5.74) is 7.76. The van der Waals surface area contributed by atoms with E-state index in [4.69, 9.17) is 22.1 Å². The molecule has 0 fully saturated rings. The Kier molecular flexibility index (Phi) is 7.70. The Balaban J connectivity index is 1.63. The van der Waals surface area contributed by atoms with Crippen LogP contribution >= 0.6 is 23.4 Å². The van der Waals surface area contributed by atoms with Gasteiger partial charge in [-0.1, -0.05) is 11.6 Å². The van der Waals surface area contributed by atoms with Gasteiger partial charge >= 0.3 is 0 Å². The lowest BCUT2D eigenvalue weighted by atomic mass is 10.2. The highest BCUT2D eigenvalue weighted by atomic mass is 35.5. The number of carbonyl (C=O) groups excluding carboxylic acids is 1. The molecule has 32 heavy (non-hydrogen) atoms. The van der Waals surface area contributed by atoms with Crippen molar-refractivity contribution >= 4 is 52.5 Å². The van der Waals surface area contributed by atoms with Gasteiger partial charge in [0.25, 0.3) is 0 Å². The van der Waals surface area contributed by atoms with E-state index in [-0.39, 0.29) is 23.6 Å². The summed E-state index contributed by atoms with van der Waals surface area (Å²) in [4.78, 5) is 25.1. The number of ether oxygens (including phenoxy) is 1. The number of methoxy groups -OCH3 is 1. The topological polar surface area (TPSA) is 115 Å². The molecule has 0 radical (unpaired) electrons. The van der Waals surface area contributed by atoms with Crippen molar-refractivity contribution in [2.24, 2.45) is 0 Å². The number of benzene rings is 2. The predicted molar refractivity (Wildman–Crippen MR) is 126 cm³/mol. The molecule has 1 unspecified atom stereocenters. The number of anilines is 4. The second kappa shape index (κ2) is 10.5. The third-order valence-corrected chi connectivity index (χ3v) is 5.92. The summed E-state index contributed by atoms with van der Waals surface area (Å²) in [6.45, 7) is 3.62. The van der Waals surface area contributed by atoms with Crippen molar-refractivity contribution in [2.45, 2.75) is 24.9 Å². The minimum atomic E-state index is -0.415. The van der Waals surface area contributed by atoms with E-state index in [2.05, 4.69) is 25.6 Å². The summed E-state index contributed by atoms with van der Waals surface area (Å²) in [5.74, 6) is 0.940. The lowest BCUT2D eigenvalue weighted by Gasteiger charge is -2.15. The van der Waals surface area contributed by atoms with Gasteiger partial charge in [0.05, 0.1) is 23.8 Å². The fourth-order valence-corrected chi connectivity index (χ4v) is 3.55. The molecule has 0 aliphatic carbocycles. The molecule has 1 heterocycles. The van der Waals surface area contributed by atoms with E-state index in [1.165, 1.54) is 31.0 Å². The molecule has 0 saturated heterocycles. The first-order chi connectivity index (χ1) is 15.2. The number of nitrogens with one attached hydrogen (secondary N) is 2. The number of halogens is 2. The van der Waals surface area contributed by atoms with Crippen molar-refractivity contribution in [1.82, 2.24) is 15.0 Å². The SMILES string of the molecule is COc1cc(Cl)c(C)cc1NC(=O)C(C)SCc1nc(N)nc(Nc2ccc(F)cc2)n1. The van der Waals surface area contributed by atoms with E-state index in [1.54, 1.807) is 31.2 Å². The van der Waals surface area contributed by atoms with Crippen LogP contribution in [-0.2, 0) is 10.5 Å². The Hall–Kier alpha value is -3.11. The lowest BCUT2D eigenvalue weighted by molar-refractivity contribution is -0.115. The highest BCUT2D eigenvalue weighted by Crippen LogP contribution is 2.31. The summed E-state index contributed by atoms with van der Waals surface area (Å²) < 4.78 is 18.4. The van der Waals surface area contributed by atoms with Crippen molar-refractivity contribution in [3.8, 4) is 5.75 Å². The number of nitrogens with two attached hydrogens (primary N) is 1. The smallest absolute Gasteiger partial charge is 0.237 e. The highest BCUT2D eigenvalue weighted by Gasteiger charge is 2.18. The molecule has 1 atom stereocenters. The number of thioether (sulfide) groups is 1. The number of amides is 1. The molecule has 3 aromatic rings. The van der Waals surface area contributed by atoms with Crippen LogP contribution in [0.15, 0.2) is 36.4 Å². The van der Waals surface area contributed by atoms with Crippen LogP contribution in [0, 0.1) is 12.7 Å². The predicted octanol–water partition coefficient (Wildman–Crippen LogP) is 4.57. The lowest BCUT2D eigenvalue weighted by Crippen LogP contribution is -2.23. The van der Waals surface area contributed by atoms with Crippen LogP contribution in [0.25, 0.3) is 0 Å². The fourth-order valence-electron chi connectivity index (χ4n) is 2.66. The molecule has 0 aliphatic rings.